The SMILES string of the molecule is Cc1ccc(Cn2cnc3c(-c4cccc(C)c4)csc3c2=O)cc1. The summed E-state index contributed by atoms with van der Waals surface area (Å²) in [4.78, 5) is 17.4. The van der Waals surface area contributed by atoms with Crippen LogP contribution in [0.2, 0.25) is 0 Å². The number of benzene rings is 2. The molecular formula is C21H18N2OS. The van der Waals surface area contributed by atoms with Crippen LogP contribution in [0, 0.1) is 13.8 Å². The Bertz CT molecular complexity index is 1110. The standard InChI is InChI=1S/C21H18N2OS/c1-14-6-8-16(9-7-14)11-23-13-22-19-18(12-25-20(19)21(23)24)17-5-3-4-15(2)10-17/h3-10,12-13H,11H2,1-2H3. The minimum absolute atomic E-state index is 0.0227. The molecule has 2 aromatic heterocycles. The summed E-state index contributed by atoms with van der Waals surface area (Å²) in [5, 5.41) is 2.03. The number of rotatable bonds is 3. The van der Waals surface area contributed by atoms with Crippen molar-refractivity contribution in [3.8, 4) is 11.1 Å². The molecule has 2 heterocycles. The quantitative estimate of drug-likeness (QED) is 0.534. The smallest absolute Gasteiger partial charge is 0.271 e. The molecule has 0 radical (unpaired) electrons. The zero-order valence-corrected chi connectivity index (χ0v) is 15.0. The molecule has 0 saturated heterocycles. The molecular weight excluding hydrogens is 328 g/mol. The third kappa shape index (κ3) is 3.01. The normalized spacial score (nSPS) is 11.1. The number of nitrogens with zero attached hydrogens (tertiary/aromatic N) is 2. The third-order valence-electron chi connectivity index (χ3n) is 4.35. The average molecular weight is 346 g/mol. The van der Waals surface area contributed by atoms with Crippen LogP contribution < -0.4 is 5.56 Å². The predicted octanol–water partition coefficient (Wildman–Crippen LogP) is 4.79. The molecule has 4 heteroatoms. The van der Waals surface area contributed by atoms with Crippen LogP contribution >= 0.6 is 11.3 Å². The van der Waals surface area contributed by atoms with Gasteiger partial charge in [0.15, 0.2) is 0 Å². The highest BCUT2D eigenvalue weighted by Gasteiger charge is 2.12. The highest BCUT2D eigenvalue weighted by Crippen LogP contribution is 2.31. The Kier molecular flexibility index (Phi) is 3.98. The third-order valence-corrected chi connectivity index (χ3v) is 5.31. The van der Waals surface area contributed by atoms with E-state index in [0.29, 0.717) is 11.2 Å². The Balaban J connectivity index is 1.77. The number of fused-ring (bicyclic) bond motifs is 1. The molecule has 4 aromatic rings. The maximum atomic E-state index is 12.8. The lowest BCUT2D eigenvalue weighted by molar-refractivity contribution is 0.750. The van der Waals surface area contributed by atoms with Crippen LogP contribution in [0.5, 0.6) is 0 Å². The molecule has 0 N–H and O–H groups in total. The Morgan fingerprint density at radius 3 is 2.60 bits per heavy atom. The zero-order chi connectivity index (χ0) is 17.4. The van der Waals surface area contributed by atoms with E-state index in [1.54, 1.807) is 10.9 Å². The fraction of sp³-hybridized carbons (Fsp3) is 0.143. The first kappa shape index (κ1) is 15.8. The van der Waals surface area contributed by atoms with E-state index in [1.165, 1.54) is 22.5 Å². The molecule has 25 heavy (non-hydrogen) atoms. The van der Waals surface area contributed by atoms with Crippen molar-refractivity contribution in [3.63, 3.8) is 0 Å². The van der Waals surface area contributed by atoms with Crippen molar-refractivity contribution in [2.24, 2.45) is 0 Å². The molecule has 0 fully saturated rings. The van der Waals surface area contributed by atoms with Crippen LogP contribution in [0.4, 0.5) is 0 Å². The summed E-state index contributed by atoms with van der Waals surface area (Å²) in [6.07, 6.45) is 1.66. The minimum Gasteiger partial charge on any atom is -0.294 e. The van der Waals surface area contributed by atoms with Gasteiger partial charge in [-0.25, -0.2) is 4.98 Å². The van der Waals surface area contributed by atoms with Crippen LogP contribution in [0.25, 0.3) is 21.3 Å². The van der Waals surface area contributed by atoms with Gasteiger partial charge >= 0.3 is 0 Å². The van der Waals surface area contributed by atoms with Crippen LogP contribution in [-0.2, 0) is 6.54 Å². The van der Waals surface area contributed by atoms with Crippen LogP contribution in [0.1, 0.15) is 16.7 Å². The van der Waals surface area contributed by atoms with Crippen molar-refractivity contribution < 1.29 is 0 Å². The highest BCUT2D eigenvalue weighted by atomic mass is 32.1. The molecule has 3 nitrogen and oxygen atoms in total. The summed E-state index contributed by atoms with van der Waals surface area (Å²) in [7, 11) is 0. The Morgan fingerprint density at radius 1 is 1.04 bits per heavy atom. The molecule has 0 unspecified atom stereocenters. The Hall–Kier alpha value is -2.72. The Morgan fingerprint density at radius 2 is 1.84 bits per heavy atom. The molecule has 0 aliphatic rings. The first-order valence-electron chi connectivity index (χ1n) is 8.21. The maximum Gasteiger partial charge on any atom is 0.271 e. The number of aromatic nitrogens is 2. The van der Waals surface area contributed by atoms with Gasteiger partial charge in [-0.3, -0.25) is 9.36 Å². The molecule has 0 spiro atoms. The van der Waals surface area contributed by atoms with E-state index in [1.807, 2.05) is 11.4 Å². The number of hydrogen-bond acceptors (Lipinski definition) is 3. The van der Waals surface area contributed by atoms with E-state index in [4.69, 9.17) is 0 Å². The van der Waals surface area contributed by atoms with E-state index >= 15 is 0 Å². The highest BCUT2D eigenvalue weighted by molar-refractivity contribution is 7.17. The van der Waals surface area contributed by atoms with Gasteiger partial charge in [-0.2, -0.15) is 0 Å². The van der Waals surface area contributed by atoms with E-state index in [0.717, 1.165) is 22.2 Å². The summed E-state index contributed by atoms with van der Waals surface area (Å²) >= 11 is 1.47. The topological polar surface area (TPSA) is 34.9 Å². The second kappa shape index (κ2) is 6.30. The first-order valence-corrected chi connectivity index (χ1v) is 9.09. The maximum absolute atomic E-state index is 12.8. The minimum atomic E-state index is 0.0227. The van der Waals surface area contributed by atoms with Gasteiger partial charge in [0.2, 0.25) is 0 Å². The summed E-state index contributed by atoms with van der Waals surface area (Å²) in [6, 6.07) is 16.5. The van der Waals surface area contributed by atoms with Gasteiger partial charge < -0.3 is 0 Å². The lowest BCUT2D eigenvalue weighted by Gasteiger charge is -2.06. The largest absolute Gasteiger partial charge is 0.294 e. The van der Waals surface area contributed by atoms with Gasteiger partial charge in [-0.1, -0.05) is 59.7 Å². The molecule has 4 rings (SSSR count). The van der Waals surface area contributed by atoms with Crippen LogP contribution in [0.15, 0.2) is 65.0 Å². The second-order valence-electron chi connectivity index (χ2n) is 6.36. The van der Waals surface area contributed by atoms with Gasteiger partial charge in [0.25, 0.3) is 5.56 Å². The summed E-state index contributed by atoms with van der Waals surface area (Å²) in [6.45, 7) is 4.67. The first-order chi connectivity index (χ1) is 12.1. The van der Waals surface area contributed by atoms with Crippen molar-refractivity contribution in [1.82, 2.24) is 9.55 Å². The molecule has 0 atom stereocenters. The van der Waals surface area contributed by atoms with E-state index in [2.05, 4.69) is 61.3 Å². The molecule has 0 aliphatic carbocycles. The summed E-state index contributed by atoms with van der Waals surface area (Å²) < 4.78 is 2.40. The van der Waals surface area contributed by atoms with Gasteiger partial charge in [-0.15, -0.1) is 11.3 Å². The predicted molar refractivity (Wildman–Crippen MR) is 104 cm³/mol. The van der Waals surface area contributed by atoms with Crippen LogP contribution in [-0.4, -0.2) is 9.55 Å². The number of thiophene rings is 1. The molecule has 0 saturated carbocycles. The van der Waals surface area contributed by atoms with Crippen molar-refractivity contribution >= 4 is 21.6 Å². The number of hydrogen-bond donors (Lipinski definition) is 0. The van der Waals surface area contributed by atoms with Crippen molar-refractivity contribution in [2.75, 3.05) is 0 Å². The Labute approximate surface area is 150 Å². The fourth-order valence-corrected chi connectivity index (χ4v) is 3.94. The lowest BCUT2D eigenvalue weighted by atomic mass is 10.1. The molecule has 0 amide bonds. The van der Waals surface area contributed by atoms with E-state index < -0.39 is 0 Å². The monoisotopic (exact) mass is 346 g/mol. The van der Waals surface area contributed by atoms with Gasteiger partial charge in [0, 0.05) is 10.9 Å². The van der Waals surface area contributed by atoms with Crippen molar-refractivity contribution in [2.45, 2.75) is 20.4 Å². The van der Waals surface area contributed by atoms with Gasteiger partial charge in [0.05, 0.1) is 18.4 Å². The molecule has 0 bridgehead atoms. The molecule has 2 aromatic carbocycles. The summed E-state index contributed by atoms with van der Waals surface area (Å²) in [5.41, 5.74) is 6.47. The van der Waals surface area contributed by atoms with Crippen molar-refractivity contribution in [3.05, 3.63) is 87.3 Å². The number of aryl methyl sites for hydroxylation is 2. The fourth-order valence-electron chi connectivity index (χ4n) is 2.96. The second-order valence-corrected chi connectivity index (χ2v) is 7.24. The summed E-state index contributed by atoms with van der Waals surface area (Å²) in [5.74, 6) is 0. The molecule has 0 aliphatic heterocycles. The van der Waals surface area contributed by atoms with E-state index in [9.17, 15) is 4.79 Å². The van der Waals surface area contributed by atoms with Crippen molar-refractivity contribution in [1.29, 1.82) is 0 Å². The van der Waals surface area contributed by atoms with Gasteiger partial charge in [0.1, 0.15) is 4.70 Å². The van der Waals surface area contributed by atoms with E-state index in [-0.39, 0.29) is 5.56 Å². The lowest BCUT2D eigenvalue weighted by Crippen LogP contribution is -2.20. The zero-order valence-electron chi connectivity index (χ0n) is 14.2. The average Bonchev–Trinajstić information content (AvgIpc) is 3.04. The van der Waals surface area contributed by atoms with Gasteiger partial charge in [-0.05, 0) is 25.0 Å². The molecule has 124 valence electrons. The van der Waals surface area contributed by atoms with Crippen LogP contribution in [0.3, 0.4) is 0 Å².